The largest absolute Gasteiger partial charge is 0.355 e. The second-order valence-corrected chi connectivity index (χ2v) is 10.5. The van der Waals surface area contributed by atoms with Gasteiger partial charge in [0.05, 0.1) is 11.4 Å². The topological polar surface area (TPSA) is 73.0 Å². The summed E-state index contributed by atoms with van der Waals surface area (Å²) in [4.78, 5) is 17.1. The monoisotopic (exact) mass is 422 g/mol. The van der Waals surface area contributed by atoms with Crippen molar-refractivity contribution in [3.8, 4) is 0 Å². The molecule has 7 nitrogen and oxygen atoms in total. The summed E-state index contributed by atoms with van der Waals surface area (Å²) < 4.78 is 27.1. The molecule has 0 aliphatic carbocycles. The highest BCUT2D eigenvalue weighted by Crippen LogP contribution is 2.19. The Bertz CT molecular complexity index is 787. The van der Waals surface area contributed by atoms with Crippen molar-refractivity contribution >= 4 is 15.9 Å². The van der Waals surface area contributed by atoms with Crippen LogP contribution in [0, 0.1) is 12.8 Å². The molecule has 0 saturated carbocycles. The number of likely N-dealkylation sites (tertiary alicyclic amines) is 1. The first-order chi connectivity index (χ1) is 13.8. The lowest BCUT2D eigenvalue weighted by atomic mass is 10.1. The lowest BCUT2D eigenvalue weighted by molar-refractivity contribution is -0.122. The molecule has 3 rings (SSSR count). The average molecular weight is 423 g/mol. The fraction of sp³-hybridized carbons (Fsp3) is 0.667. The van der Waals surface area contributed by atoms with Crippen molar-refractivity contribution < 1.29 is 13.2 Å². The second kappa shape index (κ2) is 9.55. The second-order valence-electron chi connectivity index (χ2n) is 8.54. The molecule has 2 heterocycles. The van der Waals surface area contributed by atoms with Gasteiger partial charge in [-0.2, -0.15) is 4.31 Å². The molecule has 2 saturated heterocycles. The number of carbonyl (C=O) groups is 1. The average Bonchev–Trinajstić information content (AvgIpc) is 3.17. The van der Waals surface area contributed by atoms with Gasteiger partial charge in [-0.3, -0.25) is 9.69 Å². The molecule has 1 aromatic carbocycles. The molecule has 0 radical (unpaired) electrons. The number of benzene rings is 1. The number of hydrogen-bond acceptors (Lipinski definition) is 5. The number of piperazine rings is 1. The van der Waals surface area contributed by atoms with Gasteiger partial charge in [0.25, 0.3) is 0 Å². The Morgan fingerprint density at radius 2 is 1.76 bits per heavy atom. The normalized spacial score (nSPS) is 22.3. The number of sulfonamides is 1. The zero-order chi connectivity index (χ0) is 21.0. The van der Waals surface area contributed by atoms with Crippen LogP contribution in [-0.4, -0.2) is 86.8 Å². The van der Waals surface area contributed by atoms with Crippen molar-refractivity contribution in [3.63, 3.8) is 0 Å². The summed E-state index contributed by atoms with van der Waals surface area (Å²) in [6.45, 7) is 11.5. The maximum Gasteiger partial charge on any atom is 0.243 e. The first-order valence-corrected chi connectivity index (χ1v) is 12.0. The zero-order valence-electron chi connectivity index (χ0n) is 17.8. The van der Waals surface area contributed by atoms with Crippen molar-refractivity contribution in [2.24, 2.45) is 5.92 Å². The van der Waals surface area contributed by atoms with E-state index in [0.717, 1.165) is 31.6 Å². The smallest absolute Gasteiger partial charge is 0.243 e. The van der Waals surface area contributed by atoms with Crippen LogP contribution in [0.5, 0.6) is 0 Å². The quantitative estimate of drug-likeness (QED) is 0.714. The van der Waals surface area contributed by atoms with E-state index in [1.807, 2.05) is 24.0 Å². The van der Waals surface area contributed by atoms with E-state index < -0.39 is 10.0 Å². The van der Waals surface area contributed by atoms with E-state index >= 15 is 0 Å². The Morgan fingerprint density at radius 3 is 2.34 bits per heavy atom. The van der Waals surface area contributed by atoms with Crippen LogP contribution in [0.25, 0.3) is 0 Å². The summed E-state index contributed by atoms with van der Waals surface area (Å²) in [6.07, 6.45) is 1.13. The van der Waals surface area contributed by atoms with Crippen molar-refractivity contribution in [2.75, 3.05) is 52.4 Å². The molecule has 0 aromatic heterocycles. The third-order valence-electron chi connectivity index (χ3n) is 5.99. The summed E-state index contributed by atoms with van der Waals surface area (Å²) in [5, 5.41) is 3.06. The molecular formula is C21H34N4O3S. The highest BCUT2D eigenvalue weighted by atomic mass is 32.2. The molecule has 1 atom stereocenters. The number of hydrogen-bond donors (Lipinski definition) is 1. The summed E-state index contributed by atoms with van der Waals surface area (Å²) in [6, 6.07) is 7.52. The van der Waals surface area contributed by atoms with Gasteiger partial charge in [0.1, 0.15) is 0 Å². The van der Waals surface area contributed by atoms with Crippen molar-refractivity contribution in [3.05, 3.63) is 29.8 Å². The number of amides is 1. The van der Waals surface area contributed by atoms with Crippen LogP contribution in [0.15, 0.2) is 29.2 Å². The lowest BCUT2D eigenvalue weighted by Gasteiger charge is -2.33. The SMILES string of the molecule is Cc1ccc(S(=O)(=O)N2CCN(CC(=O)NCC3CCN(C(C)C)C3)CC2)cc1. The molecule has 1 amide bonds. The molecule has 1 aromatic rings. The first kappa shape index (κ1) is 22.2. The minimum atomic E-state index is -3.46. The molecule has 0 spiro atoms. The fourth-order valence-corrected chi connectivity index (χ4v) is 5.42. The van der Waals surface area contributed by atoms with E-state index in [1.165, 1.54) is 4.31 Å². The Balaban J connectivity index is 1.41. The molecule has 8 heteroatoms. The van der Waals surface area contributed by atoms with E-state index in [0.29, 0.717) is 49.6 Å². The van der Waals surface area contributed by atoms with Gasteiger partial charge in [-0.25, -0.2) is 8.42 Å². The Morgan fingerprint density at radius 1 is 1.10 bits per heavy atom. The van der Waals surface area contributed by atoms with Gasteiger partial charge >= 0.3 is 0 Å². The molecule has 0 bridgehead atoms. The van der Waals surface area contributed by atoms with Crippen LogP contribution in [0.1, 0.15) is 25.8 Å². The first-order valence-electron chi connectivity index (χ1n) is 10.6. The molecule has 1 N–H and O–H groups in total. The molecule has 2 aliphatic rings. The minimum Gasteiger partial charge on any atom is -0.355 e. The highest BCUT2D eigenvalue weighted by molar-refractivity contribution is 7.89. The van der Waals surface area contributed by atoms with Gasteiger partial charge in [0, 0.05) is 45.3 Å². The van der Waals surface area contributed by atoms with Crippen molar-refractivity contribution in [1.29, 1.82) is 0 Å². The van der Waals surface area contributed by atoms with E-state index in [2.05, 4.69) is 24.1 Å². The van der Waals surface area contributed by atoms with Crippen LogP contribution in [0.2, 0.25) is 0 Å². The van der Waals surface area contributed by atoms with Crippen molar-refractivity contribution in [1.82, 2.24) is 19.4 Å². The Labute approximate surface area is 175 Å². The number of nitrogens with one attached hydrogen (secondary N) is 1. The molecule has 2 fully saturated rings. The fourth-order valence-electron chi connectivity index (χ4n) is 4.00. The van der Waals surface area contributed by atoms with Gasteiger partial charge in [0.2, 0.25) is 15.9 Å². The maximum absolute atomic E-state index is 12.8. The van der Waals surface area contributed by atoms with Crippen LogP contribution >= 0.6 is 0 Å². The molecule has 1 unspecified atom stereocenters. The van der Waals surface area contributed by atoms with Gasteiger partial charge < -0.3 is 10.2 Å². The lowest BCUT2D eigenvalue weighted by Crippen LogP contribution is -2.51. The van der Waals surface area contributed by atoms with Crippen LogP contribution in [0.4, 0.5) is 0 Å². The molecular weight excluding hydrogens is 388 g/mol. The number of carbonyl (C=O) groups excluding carboxylic acids is 1. The van der Waals surface area contributed by atoms with Crippen LogP contribution in [0.3, 0.4) is 0 Å². The maximum atomic E-state index is 12.8. The number of nitrogens with zero attached hydrogens (tertiary/aromatic N) is 3. The third-order valence-corrected chi connectivity index (χ3v) is 7.91. The minimum absolute atomic E-state index is 0.0304. The van der Waals surface area contributed by atoms with E-state index in [9.17, 15) is 13.2 Å². The van der Waals surface area contributed by atoms with Gasteiger partial charge in [-0.15, -0.1) is 0 Å². The Hall–Kier alpha value is -1.48. The van der Waals surface area contributed by atoms with E-state index in [4.69, 9.17) is 0 Å². The van der Waals surface area contributed by atoms with Crippen LogP contribution in [-0.2, 0) is 14.8 Å². The zero-order valence-corrected chi connectivity index (χ0v) is 18.6. The van der Waals surface area contributed by atoms with Gasteiger partial charge in [-0.1, -0.05) is 17.7 Å². The number of aryl methyl sites for hydroxylation is 1. The van der Waals surface area contributed by atoms with Crippen LogP contribution < -0.4 is 5.32 Å². The molecule has 29 heavy (non-hydrogen) atoms. The van der Waals surface area contributed by atoms with Crippen molar-refractivity contribution in [2.45, 2.75) is 38.1 Å². The standard InChI is InChI=1S/C21H34N4O3S/c1-17(2)24-9-8-19(15-24)14-22-21(26)16-23-10-12-25(13-11-23)29(27,28)20-6-4-18(3)5-7-20/h4-7,17,19H,8-16H2,1-3H3,(H,22,26). The summed E-state index contributed by atoms with van der Waals surface area (Å²) in [5.74, 6) is 0.556. The van der Waals surface area contributed by atoms with Gasteiger partial charge in [0.15, 0.2) is 0 Å². The summed E-state index contributed by atoms with van der Waals surface area (Å²) >= 11 is 0. The number of rotatable bonds is 7. The summed E-state index contributed by atoms with van der Waals surface area (Å²) in [7, 11) is -3.46. The predicted octanol–water partition coefficient (Wildman–Crippen LogP) is 1.15. The van der Waals surface area contributed by atoms with E-state index in [1.54, 1.807) is 12.1 Å². The van der Waals surface area contributed by atoms with Gasteiger partial charge in [-0.05, 0) is 51.8 Å². The third kappa shape index (κ3) is 5.78. The Kier molecular flexibility index (Phi) is 7.32. The van der Waals surface area contributed by atoms with E-state index in [-0.39, 0.29) is 5.91 Å². The summed E-state index contributed by atoms with van der Waals surface area (Å²) in [5.41, 5.74) is 1.04. The molecule has 162 valence electrons. The molecule has 2 aliphatic heterocycles. The highest BCUT2D eigenvalue weighted by Gasteiger charge is 2.29. The predicted molar refractivity (Wildman–Crippen MR) is 114 cm³/mol.